The zero-order valence-electron chi connectivity index (χ0n) is 21.3. The van der Waals surface area contributed by atoms with Crippen LogP contribution in [-0.2, 0) is 16.6 Å². The van der Waals surface area contributed by atoms with Crippen LogP contribution in [0, 0.1) is 5.82 Å². The molecule has 39 heavy (non-hydrogen) atoms. The maximum Gasteiger partial charge on any atom is 0.338 e. The second kappa shape index (κ2) is 9.96. The van der Waals surface area contributed by atoms with Crippen LogP contribution in [0.4, 0.5) is 4.39 Å². The summed E-state index contributed by atoms with van der Waals surface area (Å²) in [5.41, 5.74) is 3.65. The fourth-order valence-corrected chi connectivity index (χ4v) is 6.02. The highest BCUT2D eigenvalue weighted by Crippen LogP contribution is 2.35. The molecule has 0 fully saturated rings. The number of hydrogen-bond acceptors (Lipinski definition) is 5. The molecule has 8 heteroatoms. The van der Waals surface area contributed by atoms with Gasteiger partial charge in [-0.1, -0.05) is 72.0 Å². The third-order valence-electron chi connectivity index (χ3n) is 6.77. The van der Waals surface area contributed by atoms with E-state index in [0.29, 0.717) is 20.6 Å². The largest absolute Gasteiger partial charge is 0.463 e. The number of rotatable bonds is 5. The molecule has 0 aliphatic carbocycles. The van der Waals surface area contributed by atoms with Crippen molar-refractivity contribution in [1.82, 2.24) is 9.13 Å². The number of thiazole rings is 1. The first-order valence-corrected chi connectivity index (χ1v) is 13.4. The maximum absolute atomic E-state index is 14.0. The maximum atomic E-state index is 14.0. The molecule has 0 unspecified atom stereocenters. The van der Waals surface area contributed by atoms with Gasteiger partial charge >= 0.3 is 5.97 Å². The van der Waals surface area contributed by atoms with E-state index in [2.05, 4.69) is 0 Å². The third-order valence-corrected chi connectivity index (χ3v) is 7.76. The number of carbonyl (C=O) groups is 1. The molecule has 1 aliphatic rings. The third kappa shape index (κ3) is 4.32. The Morgan fingerprint density at radius 2 is 1.77 bits per heavy atom. The summed E-state index contributed by atoms with van der Waals surface area (Å²) in [5.74, 6) is -0.982. The number of aromatic nitrogens is 2. The van der Waals surface area contributed by atoms with Gasteiger partial charge in [0.2, 0.25) is 0 Å². The summed E-state index contributed by atoms with van der Waals surface area (Å²) < 4.78 is 23.4. The number of benzene rings is 3. The number of ether oxygens (including phenoxy) is 1. The van der Waals surface area contributed by atoms with E-state index in [9.17, 15) is 14.0 Å². The molecule has 0 radical (unpaired) electrons. The monoisotopic (exact) mass is 537 g/mol. The molecule has 0 spiro atoms. The van der Waals surface area contributed by atoms with Gasteiger partial charge < -0.3 is 9.30 Å². The lowest BCUT2D eigenvalue weighted by atomic mass is 9.93. The zero-order valence-corrected chi connectivity index (χ0v) is 22.1. The van der Waals surface area contributed by atoms with Crippen molar-refractivity contribution in [2.75, 3.05) is 6.61 Å². The minimum Gasteiger partial charge on any atom is -0.463 e. The van der Waals surface area contributed by atoms with E-state index in [1.165, 1.54) is 28.0 Å². The second-order valence-electron chi connectivity index (χ2n) is 9.20. The van der Waals surface area contributed by atoms with Gasteiger partial charge in [0.25, 0.3) is 5.56 Å². The van der Waals surface area contributed by atoms with Gasteiger partial charge in [-0.2, -0.15) is 0 Å². The van der Waals surface area contributed by atoms with Crippen molar-refractivity contribution in [3.63, 3.8) is 0 Å². The minimum atomic E-state index is -0.842. The highest BCUT2D eigenvalue weighted by molar-refractivity contribution is 7.07. The van der Waals surface area contributed by atoms with Crippen LogP contribution in [0.2, 0.25) is 0 Å². The number of hydrogen-bond donors (Lipinski definition) is 0. The minimum absolute atomic E-state index is 0.159. The molecule has 6 nitrogen and oxygen atoms in total. The Morgan fingerprint density at radius 1 is 1.05 bits per heavy atom. The number of fused-ring (bicyclic) bond motifs is 2. The molecule has 0 bridgehead atoms. The second-order valence-corrected chi connectivity index (χ2v) is 10.2. The Bertz CT molecular complexity index is 1930. The van der Waals surface area contributed by atoms with Gasteiger partial charge in [-0.05, 0) is 36.8 Å². The molecular formula is C31H24FN3O3S. The van der Waals surface area contributed by atoms with Gasteiger partial charge in [0.1, 0.15) is 5.82 Å². The average Bonchev–Trinajstić information content (AvgIpc) is 3.44. The van der Waals surface area contributed by atoms with Crippen molar-refractivity contribution in [3.8, 4) is 0 Å². The fraction of sp³-hybridized carbons (Fsp3) is 0.129. The first-order chi connectivity index (χ1) is 19.0. The van der Waals surface area contributed by atoms with Crippen molar-refractivity contribution in [1.29, 1.82) is 0 Å². The highest BCUT2D eigenvalue weighted by atomic mass is 32.1. The van der Waals surface area contributed by atoms with Crippen LogP contribution in [0.15, 0.2) is 100 Å². The molecule has 1 atom stereocenters. The van der Waals surface area contributed by atoms with Gasteiger partial charge in [-0.25, -0.2) is 14.2 Å². The predicted molar refractivity (Wildman–Crippen MR) is 150 cm³/mol. The molecule has 194 valence electrons. The van der Waals surface area contributed by atoms with Crippen LogP contribution in [0.5, 0.6) is 0 Å². The summed E-state index contributed by atoms with van der Waals surface area (Å²) in [6, 6.07) is 22.3. The van der Waals surface area contributed by atoms with Gasteiger partial charge in [-0.15, -0.1) is 0 Å². The SMILES string of the molecule is CCOC(=O)C1=C(c2ccccc2)N=c2sc(=Cc3cn(C)c4ccccc34)c(=O)n2[C@@H]1c1ccc(F)cc1. The number of para-hydroxylation sites is 1. The first kappa shape index (κ1) is 24.8. The number of aryl methyl sites for hydroxylation is 1. The Morgan fingerprint density at radius 3 is 2.51 bits per heavy atom. The smallest absolute Gasteiger partial charge is 0.338 e. The van der Waals surface area contributed by atoms with E-state index in [1.807, 2.05) is 78.5 Å². The van der Waals surface area contributed by atoms with E-state index >= 15 is 0 Å². The first-order valence-electron chi connectivity index (χ1n) is 12.5. The van der Waals surface area contributed by atoms with Crippen molar-refractivity contribution in [2.45, 2.75) is 13.0 Å². The van der Waals surface area contributed by atoms with Gasteiger partial charge in [0.05, 0.1) is 28.5 Å². The Kier molecular flexibility index (Phi) is 6.32. The molecule has 0 saturated heterocycles. The van der Waals surface area contributed by atoms with Crippen molar-refractivity contribution >= 4 is 40.0 Å². The van der Waals surface area contributed by atoms with Crippen LogP contribution in [0.1, 0.15) is 29.7 Å². The molecular weight excluding hydrogens is 513 g/mol. The number of halogens is 1. The summed E-state index contributed by atoms with van der Waals surface area (Å²) in [6.45, 7) is 1.89. The van der Waals surface area contributed by atoms with Crippen LogP contribution >= 0.6 is 11.3 Å². The van der Waals surface area contributed by atoms with E-state index in [1.54, 1.807) is 19.1 Å². The lowest BCUT2D eigenvalue weighted by Gasteiger charge is -2.25. The zero-order chi connectivity index (χ0) is 27.1. The van der Waals surface area contributed by atoms with E-state index < -0.39 is 17.8 Å². The molecule has 0 saturated carbocycles. The number of esters is 1. The summed E-state index contributed by atoms with van der Waals surface area (Å²) in [6.07, 6.45) is 3.85. The van der Waals surface area contributed by atoms with Crippen LogP contribution in [0.3, 0.4) is 0 Å². The predicted octanol–water partition coefficient (Wildman–Crippen LogP) is 4.57. The Balaban J connectivity index is 1.66. The lowest BCUT2D eigenvalue weighted by molar-refractivity contribution is -0.138. The Labute approximate surface area is 227 Å². The van der Waals surface area contributed by atoms with E-state index in [0.717, 1.165) is 22.0 Å². The lowest BCUT2D eigenvalue weighted by Crippen LogP contribution is -2.40. The summed E-state index contributed by atoms with van der Waals surface area (Å²) in [7, 11) is 1.97. The average molecular weight is 538 g/mol. The van der Waals surface area contributed by atoms with Crippen LogP contribution in [0.25, 0.3) is 22.7 Å². The molecule has 0 N–H and O–H groups in total. The van der Waals surface area contributed by atoms with Gasteiger partial charge in [-0.3, -0.25) is 9.36 Å². The van der Waals surface area contributed by atoms with Gasteiger partial charge in [0.15, 0.2) is 4.80 Å². The molecule has 6 rings (SSSR count). The molecule has 1 aliphatic heterocycles. The quantitative estimate of drug-likeness (QED) is 0.309. The molecule has 0 amide bonds. The summed E-state index contributed by atoms with van der Waals surface area (Å²) in [5, 5.41) is 1.03. The van der Waals surface area contributed by atoms with E-state index in [-0.39, 0.29) is 17.7 Å². The molecule has 3 heterocycles. The normalized spacial score (nSPS) is 15.4. The summed E-state index contributed by atoms with van der Waals surface area (Å²) in [4.78, 5) is 32.8. The van der Waals surface area contributed by atoms with Crippen molar-refractivity contribution < 1.29 is 13.9 Å². The standard InChI is InChI=1S/C31H24FN3O3S/c1-3-38-30(37)26-27(19-9-5-4-6-10-19)33-31-35(28(26)20-13-15-22(32)16-14-20)29(36)25(39-31)17-21-18-34(2)24-12-8-7-11-23(21)24/h4-18,28H,3H2,1-2H3/t28-/m1/s1. The number of carbonyl (C=O) groups excluding carboxylic acids is 1. The highest BCUT2D eigenvalue weighted by Gasteiger charge is 2.35. The fourth-order valence-electron chi connectivity index (χ4n) is 5.03. The van der Waals surface area contributed by atoms with Crippen LogP contribution < -0.4 is 14.9 Å². The van der Waals surface area contributed by atoms with E-state index in [4.69, 9.17) is 9.73 Å². The van der Waals surface area contributed by atoms with Crippen LogP contribution in [-0.4, -0.2) is 21.7 Å². The Hall–Kier alpha value is -4.56. The molecule has 5 aromatic rings. The summed E-state index contributed by atoms with van der Waals surface area (Å²) >= 11 is 1.26. The van der Waals surface area contributed by atoms with Crippen molar-refractivity contribution in [3.05, 3.63) is 133 Å². The van der Waals surface area contributed by atoms with Gasteiger partial charge in [0, 0.05) is 35.3 Å². The molecule has 2 aromatic heterocycles. The molecule has 3 aromatic carbocycles. The number of nitrogens with zero attached hydrogens (tertiary/aromatic N) is 3. The topological polar surface area (TPSA) is 65.6 Å². The van der Waals surface area contributed by atoms with Crippen molar-refractivity contribution in [2.24, 2.45) is 12.0 Å².